The number of hydrogen-bond acceptors (Lipinski definition) is 5. The molecule has 0 aliphatic carbocycles. The van der Waals surface area contributed by atoms with Gasteiger partial charge < -0.3 is 9.73 Å². The molecule has 1 N–H and O–H groups in total. The number of fused-ring (bicyclic) bond motifs is 1. The molecular weight excluding hydrogens is 336 g/mol. The Kier molecular flexibility index (Phi) is 4.62. The molecule has 0 aliphatic heterocycles. The number of rotatable bonds is 4. The summed E-state index contributed by atoms with van der Waals surface area (Å²) in [6.07, 6.45) is 3.72. The molecule has 0 radical (unpaired) electrons. The Hall–Kier alpha value is -3.74. The molecule has 2 aromatic carbocycles. The maximum atomic E-state index is 12.5. The van der Waals surface area contributed by atoms with Crippen LogP contribution in [0.25, 0.3) is 17.0 Å². The van der Waals surface area contributed by atoms with Crippen molar-refractivity contribution >= 4 is 34.3 Å². The van der Waals surface area contributed by atoms with E-state index in [0.717, 1.165) is 11.6 Å². The number of amides is 1. The van der Waals surface area contributed by atoms with E-state index in [2.05, 4.69) is 5.32 Å². The summed E-state index contributed by atoms with van der Waals surface area (Å²) in [5.74, 6) is -0.594. The first-order valence-corrected chi connectivity index (χ1v) is 7.70. The van der Waals surface area contributed by atoms with Gasteiger partial charge in [0.1, 0.15) is 17.5 Å². The lowest BCUT2D eigenvalue weighted by molar-refractivity contribution is -0.383. The lowest BCUT2D eigenvalue weighted by atomic mass is 10.1. The average Bonchev–Trinajstić information content (AvgIpc) is 2.62. The van der Waals surface area contributed by atoms with Crippen molar-refractivity contribution in [3.63, 3.8) is 0 Å². The molecule has 130 valence electrons. The normalized spacial score (nSPS) is 11.0. The second-order valence-corrected chi connectivity index (χ2v) is 5.62. The Labute approximate surface area is 147 Å². The molecule has 0 spiro atoms. The quantitative estimate of drug-likeness (QED) is 0.439. The van der Waals surface area contributed by atoms with E-state index in [-0.39, 0.29) is 22.4 Å². The number of para-hydroxylation sites is 2. The lowest BCUT2D eigenvalue weighted by Gasteiger charge is -2.03. The fourth-order valence-electron chi connectivity index (χ4n) is 2.45. The van der Waals surface area contributed by atoms with Crippen molar-refractivity contribution in [2.75, 3.05) is 5.32 Å². The fraction of sp³-hybridized carbons (Fsp3) is 0.0526. The highest BCUT2D eigenvalue weighted by Crippen LogP contribution is 2.23. The highest BCUT2D eigenvalue weighted by atomic mass is 16.6. The maximum absolute atomic E-state index is 12.5. The van der Waals surface area contributed by atoms with Gasteiger partial charge in [0.2, 0.25) is 5.91 Å². The largest absolute Gasteiger partial charge is 0.463 e. The molecule has 0 atom stereocenters. The number of aryl methyl sites for hydroxylation is 1. The van der Waals surface area contributed by atoms with Crippen LogP contribution < -0.4 is 10.7 Å². The third-order valence-corrected chi connectivity index (χ3v) is 3.73. The Morgan fingerprint density at radius 2 is 2.00 bits per heavy atom. The molecule has 1 amide bonds. The number of nitrogens with one attached hydrogen (secondary N) is 1. The van der Waals surface area contributed by atoms with E-state index < -0.39 is 10.8 Å². The molecule has 0 aliphatic rings. The van der Waals surface area contributed by atoms with Crippen LogP contribution in [0.5, 0.6) is 0 Å². The first kappa shape index (κ1) is 17.1. The zero-order valence-electron chi connectivity index (χ0n) is 13.8. The van der Waals surface area contributed by atoms with E-state index >= 15 is 0 Å². The highest BCUT2D eigenvalue weighted by Gasteiger charge is 2.13. The van der Waals surface area contributed by atoms with Crippen molar-refractivity contribution in [2.24, 2.45) is 0 Å². The molecule has 0 saturated heterocycles. The van der Waals surface area contributed by atoms with Crippen LogP contribution in [0.4, 0.5) is 11.4 Å². The summed E-state index contributed by atoms with van der Waals surface area (Å²) in [7, 11) is 0. The average molecular weight is 350 g/mol. The van der Waals surface area contributed by atoms with Crippen LogP contribution >= 0.6 is 0 Å². The summed E-state index contributed by atoms with van der Waals surface area (Å²) >= 11 is 0. The standard InChI is InChI=1S/C19H14N2O5/c1-12-6-8-17-14(10-12)19(23)13(11-26-17)7-9-18(22)20-15-4-2-3-5-16(15)21(24)25/h2-11H,1H3,(H,20,22)/b9-7+. The molecule has 0 fully saturated rings. The molecule has 26 heavy (non-hydrogen) atoms. The third-order valence-electron chi connectivity index (χ3n) is 3.73. The molecule has 7 nitrogen and oxygen atoms in total. The van der Waals surface area contributed by atoms with E-state index in [1.165, 1.54) is 30.5 Å². The van der Waals surface area contributed by atoms with Crippen molar-refractivity contribution in [3.8, 4) is 0 Å². The Morgan fingerprint density at radius 3 is 2.77 bits per heavy atom. The maximum Gasteiger partial charge on any atom is 0.292 e. The van der Waals surface area contributed by atoms with Gasteiger partial charge in [0, 0.05) is 12.1 Å². The van der Waals surface area contributed by atoms with Crippen LogP contribution in [-0.2, 0) is 4.79 Å². The van der Waals surface area contributed by atoms with Crippen LogP contribution in [0.15, 0.2) is 64.0 Å². The van der Waals surface area contributed by atoms with Gasteiger partial charge in [-0.3, -0.25) is 19.7 Å². The van der Waals surface area contributed by atoms with Gasteiger partial charge in [0.25, 0.3) is 5.69 Å². The smallest absolute Gasteiger partial charge is 0.292 e. The number of anilines is 1. The Bertz CT molecular complexity index is 1100. The van der Waals surface area contributed by atoms with Gasteiger partial charge in [0.05, 0.1) is 15.9 Å². The number of nitro groups is 1. The van der Waals surface area contributed by atoms with Gasteiger partial charge in [-0.15, -0.1) is 0 Å². The molecule has 3 aromatic rings. The second-order valence-electron chi connectivity index (χ2n) is 5.62. The van der Waals surface area contributed by atoms with Gasteiger partial charge in [0.15, 0.2) is 5.43 Å². The minimum absolute atomic E-state index is 0.0771. The zero-order valence-corrected chi connectivity index (χ0v) is 13.8. The monoisotopic (exact) mass is 350 g/mol. The van der Waals surface area contributed by atoms with E-state index in [1.54, 1.807) is 18.2 Å². The SMILES string of the molecule is Cc1ccc2occ(/C=C/C(=O)Nc3ccccc3[N+](=O)[O-])c(=O)c2c1. The van der Waals surface area contributed by atoms with Crippen molar-refractivity contribution in [1.29, 1.82) is 0 Å². The Morgan fingerprint density at radius 1 is 1.23 bits per heavy atom. The summed E-state index contributed by atoms with van der Waals surface area (Å²) in [5.41, 5.74) is 1.19. The molecule has 1 aromatic heterocycles. The number of carbonyl (C=O) groups is 1. The van der Waals surface area contributed by atoms with Gasteiger partial charge >= 0.3 is 0 Å². The fourth-order valence-corrected chi connectivity index (χ4v) is 2.45. The van der Waals surface area contributed by atoms with E-state index in [0.29, 0.717) is 11.0 Å². The predicted octanol–water partition coefficient (Wildman–Crippen LogP) is 3.66. The topological polar surface area (TPSA) is 102 Å². The summed E-state index contributed by atoms with van der Waals surface area (Å²) in [5, 5.41) is 13.8. The molecule has 7 heteroatoms. The number of carbonyl (C=O) groups excluding carboxylic acids is 1. The number of hydrogen-bond donors (Lipinski definition) is 1. The molecular formula is C19H14N2O5. The molecule has 3 rings (SSSR count). The predicted molar refractivity (Wildman–Crippen MR) is 98.0 cm³/mol. The first-order chi connectivity index (χ1) is 12.5. The molecule has 0 bridgehead atoms. The molecule has 0 saturated carbocycles. The van der Waals surface area contributed by atoms with Crippen LogP contribution in [0.2, 0.25) is 0 Å². The van der Waals surface area contributed by atoms with Crippen molar-refractivity contribution < 1.29 is 14.1 Å². The summed E-state index contributed by atoms with van der Waals surface area (Å²) in [4.78, 5) is 34.9. The van der Waals surface area contributed by atoms with Crippen molar-refractivity contribution in [2.45, 2.75) is 6.92 Å². The molecule has 0 unspecified atom stereocenters. The Balaban J connectivity index is 1.85. The van der Waals surface area contributed by atoms with Crippen LogP contribution in [0.3, 0.4) is 0 Å². The van der Waals surface area contributed by atoms with Crippen molar-refractivity contribution in [1.82, 2.24) is 0 Å². The summed E-state index contributed by atoms with van der Waals surface area (Å²) in [6, 6.07) is 11.1. The molecule has 1 heterocycles. The van der Waals surface area contributed by atoms with Crippen LogP contribution in [-0.4, -0.2) is 10.8 Å². The van der Waals surface area contributed by atoms with E-state index in [4.69, 9.17) is 4.42 Å². The minimum Gasteiger partial charge on any atom is -0.463 e. The second kappa shape index (κ2) is 7.02. The van der Waals surface area contributed by atoms with Crippen LogP contribution in [0, 0.1) is 17.0 Å². The lowest BCUT2D eigenvalue weighted by Crippen LogP contribution is -2.10. The third kappa shape index (κ3) is 3.51. The van der Waals surface area contributed by atoms with Gasteiger partial charge in [-0.25, -0.2) is 0 Å². The van der Waals surface area contributed by atoms with Gasteiger partial charge in [-0.05, 0) is 31.2 Å². The minimum atomic E-state index is -0.594. The summed E-state index contributed by atoms with van der Waals surface area (Å²) < 4.78 is 5.41. The van der Waals surface area contributed by atoms with E-state index in [9.17, 15) is 19.7 Å². The number of benzene rings is 2. The number of nitrogens with zero attached hydrogens (tertiary/aromatic N) is 1. The van der Waals surface area contributed by atoms with Crippen molar-refractivity contribution in [3.05, 3.63) is 86.3 Å². The summed E-state index contributed by atoms with van der Waals surface area (Å²) in [6.45, 7) is 1.86. The highest BCUT2D eigenvalue weighted by molar-refractivity contribution is 6.03. The van der Waals surface area contributed by atoms with Crippen LogP contribution in [0.1, 0.15) is 11.1 Å². The van der Waals surface area contributed by atoms with E-state index in [1.807, 2.05) is 13.0 Å². The first-order valence-electron chi connectivity index (χ1n) is 7.70. The number of nitro benzene ring substituents is 1. The van der Waals surface area contributed by atoms with Gasteiger partial charge in [-0.2, -0.15) is 0 Å². The zero-order chi connectivity index (χ0) is 18.7. The van der Waals surface area contributed by atoms with Gasteiger partial charge in [-0.1, -0.05) is 23.8 Å².